The highest BCUT2D eigenvalue weighted by Gasteiger charge is 2.05. The van der Waals surface area contributed by atoms with Crippen LogP contribution in [0.1, 0.15) is 31.0 Å². The average Bonchev–Trinajstić information content (AvgIpc) is 2.28. The SMILES string of the molecule is CCN(C)C(=N)Cc1cccc(C(C)N)c1. The van der Waals surface area contributed by atoms with Crippen LogP contribution in [0.15, 0.2) is 24.3 Å². The van der Waals surface area contributed by atoms with Crippen molar-refractivity contribution in [2.75, 3.05) is 13.6 Å². The van der Waals surface area contributed by atoms with Crippen molar-refractivity contribution in [3.63, 3.8) is 0 Å². The van der Waals surface area contributed by atoms with Crippen LogP contribution in [0.4, 0.5) is 0 Å². The molecule has 0 radical (unpaired) electrons. The molecule has 3 nitrogen and oxygen atoms in total. The second-order valence-electron chi connectivity index (χ2n) is 4.17. The van der Waals surface area contributed by atoms with Crippen molar-refractivity contribution >= 4 is 5.84 Å². The van der Waals surface area contributed by atoms with Gasteiger partial charge in [-0.3, -0.25) is 5.41 Å². The van der Waals surface area contributed by atoms with E-state index in [1.807, 2.05) is 44.0 Å². The van der Waals surface area contributed by atoms with Crippen molar-refractivity contribution in [3.05, 3.63) is 35.4 Å². The van der Waals surface area contributed by atoms with Crippen LogP contribution < -0.4 is 5.73 Å². The topological polar surface area (TPSA) is 53.1 Å². The molecule has 0 aliphatic carbocycles. The average molecular weight is 219 g/mol. The Labute approximate surface area is 97.8 Å². The van der Waals surface area contributed by atoms with Crippen LogP contribution in [-0.4, -0.2) is 24.3 Å². The van der Waals surface area contributed by atoms with Crippen molar-refractivity contribution in [1.29, 1.82) is 5.41 Å². The van der Waals surface area contributed by atoms with Crippen LogP contribution >= 0.6 is 0 Å². The van der Waals surface area contributed by atoms with E-state index >= 15 is 0 Å². The minimum absolute atomic E-state index is 0.0537. The Morgan fingerprint density at radius 2 is 2.19 bits per heavy atom. The quantitative estimate of drug-likeness (QED) is 0.602. The lowest BCUT2D eigenvalue weighted by Gasteiger charge is -2.18. The Kier molecular flexibility index (Phi) is 4.50. The van der Waals surface area contributed by atoms with E-state index in [1.165, 1.54) is 0 Å². The predicted octanol–water partition coefficient (Wildman–Crippen LogP) is 2.18. The summed E-state index contributed by atoms with van der Waals surface area (Å²) in [7, 11) is 1.94. The van der Waals surface area contributed by atoms with E-state index in [1.54, 1.807) is 0 Å². The molecule has 16 heavy (non-hydrogen) atoms. The maximum atomic E-state index is 7.90. The molecule has 0 saturated heterocycles. The Balaban J connectivity index is 2.74. The standard InChI is InChI=1S/C13H21N3/c1-4-16(3)13(15)9-11-6-5-7-12(8-11)10(2)14/h5-8,10,15H,4,9,14H2,1-3H3. The molecule has 1 aromatic carbocycles. The lowest BCUT2D eigenvalue weighted by Crippen LogP contribution is -2.27. The molecule has 1 aromatic rings. The van der Waals surface area contributed by atoms with Gasteiger partial charge in [-0.25, -0.2) is 0 Å². The number of hydrogen-bond donors (Lipinski definition) is 2. The number of nitrogens with two attached hydrogens (primary N) is 1. The first-order valence-corrected chi connectivity index (χ1v) is 5.67. The van der Waals surface area contributed by atoms with Gasteiger partial charge in [-0.1, -0.05) is 24.3 Å². The molecule has 3 heteroatoms. The van der Waals surface area contributed by atoms with Crippen LogP contribution in [0.3, 0.4) is 0 Å². The zero-order valence-corrected chi connectivity index (χ0v) is 10.3. The van der Waals surface area contributed by atoms with Crippen molar-refractivity contribution < 1.29 is 0 Å². The second kappa shape index (κ2) is 5.66. The first kappa shape index (κ1) is 12.7. The molecule has 0 bridgehead atoms. The number of nitrogens with zero attached hydrogens (tertiary/aromatic N) is 1. The van der Waals surface area contributed by atoms with Gasteiger partial charge in [0.1, 0.15) is 0 Å². The minimum atomic E-state index is 0.0537. The van der Waals surface area contributed by atoms with Gasteiger partial charge >= 0.3 is 0 Å². The second-order valence-corrected chi connectivity index (χ2v) is 4.17. The molecular formula is C13H21N3. The highest BCUT2D eigenvalue weighted by atomic mass is 15.1. The summed E-state index contributed by atoms with van der Waals surface area (Å²) in [6.45, 7) is 4.89. The molecule has 0 amide bonds. The van der Waals surface area contributed by atoms with Gasteiger partial charge in [0.15, 0.2) is 0 Å². The summed E-state index contributed by atoms with van der Waals surface area (Å²) >= 11 is 0. The summed E-state index contributed by atoms with van der Waals surface area (Å²) in [5.74, 6) is 0.643. The van der Waals surface area contributed by atoms with E-state index in [0.717, 1.165) is 17.7 Å². The lowest BCUT2D eigenvalue weighted by molar-refractivity contribution is 0.522. The highest BCUT2D eigenvalue weighted by Crippen LogP contribution is 2.12. The number of benzene rings is 1. The summed E-state index contributed by atoms with van der Waals surface area (Å²) < 4.78 is 0. The van der Waals surface area contributed by atoms with Gasteiger partial charge in [0, 0.05) is 26.1 Å². The Bertz CT molecular complexity index is 358. The number of hydrogen-bond acceptors (Lipinski definition) is 2. The van der Waals surface area contributed by atoms with Crippen LogP contribution in [0.2, 0.25) is 0 Å². The summed E-state index contributed by atoms with van der Waals surface area (Å²) in [5, 5.41) is 7.90. The smallest absolute Gasteiger partial charge is 0.0999 e. The maximum Gasteiger partial charge on any atom is 0.0999 e. The van der Waals surface area contributed by atoms with Crippen molar-refractivity contribution in [3.8, 4) is 0 Å². The number of amidine groups is 1. The van der Waals surface area contributed by atoms with Gasteiger partial charge < -0.3 is 10.6 Å². The zero-order chi connectivity index (χ0) is 12.1. The highest BCUT2D eigenvalue weighted by molar-refractivity contribution is 5.81. The fourth-order valence-electron chi connectivity index (χ4n) is 1.51. The van der Waals surface area contributed by atoms with Gasteiger partial charge in [0.25, 0.3) is 0 Å². The molecule has 0 saturated carbocycles. The third-order valence-corrected chi connectivity index (χ3v) is 2.78. The molecule has 0 spiro atoms. The first-order valence-electron chi connectivity index (χ1n) is 5.67. The molecular weight excluding hydrogens is 198 g/mol. The van der Waals surface area contributed by atoms with Crippen LogP contribution in [0.5, 0.6) is 0 Å². The Morgan fingerprint density at radius 1 is 1.50 bits per heavy atom. The largest absolute Gasteiger partial charge is 0.364 e. The van der Waals surface area contributed by atoms with Crippen LogP contribution in [0.25, 0.3) is 0 Å². The van der Waals surface area contributed by atoms with E-state index < -0.39 is 0 Å². The predicted molar refractivity (Wildman–Crippen MR) is 68.8 cm³/mol. The monoisotopic (exact) mass is 219 g/mol. The molecule has 88 valence electrons. The van der Waals surface area contributed by atoms with Gasteiger partial charge in [-0.15, -0.1) is 0 Å². The van der Waals surface area contributed by atoms with Crippen molar-refractivity contribution in [2.45, 2.75) is 26.3 Å². The van der Waals surface area contributed by atoms with Crippen molar-refractivity contribution in [1.82, 2.24) is 4.90 Å². The van der Waals surface area contributed by atoms with Crippen LogP contribution in [0, 0.1) is 5.41 Å². The zero-order valence-electron chi connectivity index (χ0n) is 10.3. The van der Waals surface area contributed by atoms with Gasteiger partial charge in [-0.05, 0) is 25.0 Å². The first-order chi connectivity index (χ1) is 7.54. The van der Waals surface area contributed by atoms with E-state index in [-0.39, 0.29) is 6.04 Å². The number of rotatable bonds is 4. The van der Waals surface area contributed by atoms with Crippen molar-refractivity contribution in [2.24, 2.45) is 5.73 Å². The molecule has 0 aliphatic rings. The normalized spacial score (nSPS) is 12.2. The third-order valence-electron chi connectivity index (χ3n) is 2.78. The molecule has 0 aliphatic heterocycles. The Hall–Kier alpha value is -1.35. The molecule has 1 rings (SSSR count). The van der Waals surface area contributed by atoms with Crippen LogP contribution in [-0.2, 0) is 6.42 Å². The lowest BCUT2D eigenvalue weighted by atomic mass is 10.0. The summed E-state index contributed by atoms with van der Waals surface area (Å²) in [5.41, 5.74) is 8.12. The van der Waals surface area contributed by atoms with Gasteiger partial charge in [-0.2, -0.15) is 0 Å². The van der Waals surface area contributed by atoms with E-state index in [0.29, 0.717) is 12.3 Å². The molecule has 0 aromatic heterocycles. The molecule has 0 heterocycles. The van der Waals surface area contributed by atoms with E-state index in [4.69, 9.17) is 11.1 Å². The van der Waals surface area contributed by atoms with Gasteiger partial charge in [0.05, 0.1) is 5.84 Å². The van der Waals surface area contributed by atoms with E-state index in [9.17, 15) is 0 Å². The number of nitrogens with one attached hydrogen (secondary N) is 1. The molecule has 1 atom stereocenters. The molecule has 0 fully saturated rings. The third kappa shape index (κ3) is 3.35. The van der Waals surface area contributed by atoms with E-state index in [2.05, 4.69) is 6.07 Å². The maximum absolute atomic E-state index is 7.90. The number of likely N-dealkylation sites (N-methyl/N-ethyl adjacent to an activating group) is 1. The minimum Gasteiger partial charge on any atom is -0.364 e. The summed E-state index contributed by atoms with van der Waals surface area (Å²) in [6, 6.07) is 8.22. The van der Waals surface area contributed by atoms with Gasteiger partial charge in [0.2, 0.25) is 0 Å². The molecule has 3 N–H and O–H groups in total. The fourth-order valence-corrected chi connectivity index (χ4v) is 1.51. The fraction of sp³-hybridized carbons (Fsp3) is 0.462. The Morgan fingerprint density at radius 3 is 2.75 bits per heavy atom. The summed E-state index contributed by atoms with van der Waals surface area (Å²) in [6.07, 6.45) is 0.672. The summed E-state index contributed by atoms with van der Waals surface area (Å²) in [4.78, 5) is 1.94. The molecule has 1 unspecified atom stereocenters.